The van der Waals surface area contributed by atoms with Crippen LogP contribution in [0.2, 0.25) is 0 Å². The summed E-state index contributed by atoms with van der Waals surface area (Å²) in [6, 6.07) is 3.68. The van der Waals surface area contributed by atoms with Crippen LogP contribution in [0.25, 0.3) is 11.0 Å². The van der Waals surface area contributed by atoms with Gasteiger partial charge in [0.25, 0.3) is 0 Å². The van der Waals surface area contributed by atoms with Gasteiger partial charge in [0.1, 0.15) is 0 Å². The van der Waals surface area contributed by atoms with Crippen LogP contribution in [0.4, 0.5) is 0 Å². The average Bonchev–Trinajstić information content (AvgIpc) is 2.87. The molecule has 5 heteroatoms. The van der Waals surface area contributed by atoms with Crippen LogP contribution in [0.1, 0.15) is 5.69 Å². The smallest absolute Gasteiger partial charge is 0.170 e. The van der Waals surface area contributed by atoms with Gasteiger partial charge in [0.2, 0.25) is 0 Å². The minimum absolute atomic E-state index is 0.631. The Kier molecular flexibility index (Phi) is 1.74. The van der Waals surface area contributed by atoms with Crippen LogP contribution in [0.15, 0.2) is 41.4 Å². The van der Waals surface area contributed by atoms with Crippen LogP contribution in [-0.4, -0.2) is 19.9 Å². The first-order valence-corrected chi connectivity index (χ1v) is 4.59. The van der Waals surface area contributed by atoms with Crippen LogP contribution in [-0.2, 0) is 6.54 Å². The zero-order chi connectivity index (χ0) is 10.1. The number of hydrogen-bond donors (Lipinski definition) is 0. The summed E-state index contributed by atoms with van der Waals surface area (Å²) >= 11 is 0. The van der Waals surface area contributed by atoms with Crippen molar-refractivity contribution in [2.75, 3.05) is 0 Å². The summed E-state index contributed by atoms with van der Waals surface area (Å²) in [5, 5.41) is 8.81. The molecule has 5 nitrogen and oxygen atoms in total. The van der Waals surface area contributed by atoms with Gasteiger partial charge in [0.05, 0.1) is 23.8 Å². The van der Waals surface area contributed by atoms with Crippen LogP contribution in [0.5, 0.6) is 0 Å². The molecular formula is C10H8N4O. The minimum atomic E-state index is 0.631. The first kappa shape index (κ1) is 8.16. The zero-order valence-electron chi connectivity index (χ0n) is 7.87. The molecule has 0 bridgehead atoms. The maximum Gasteiger partial charge on any atom is 0.170 e. The first-order valence-electron chi connectivity index (χ1n) is 4.59. The minimum Gasteiger partial charge on any atom is -0.356 e. The van der Waals surface area contributed by atoms with E-state index in [-0.39, 0.29) is 0 Å². The molecule has 0 aliphatic rings. The summed E-state index contributed by atoms with van der Waals surface area (Å²) < 4.78 is 6.87. The normalized spacial score (nSPS) is 10.9. The molecule has 74 valence electrons. The van der Waals surface area contributed by atoms with Gasteiger partial charge in [-0.25, -0.2) is 0 Å². The fourth-order valence-electron chi connectivity index (χ4n) is 1.52. The molecule has 15 heavy (non-hydrogen) atoms. The molecule has 0 fully saturated rings. The Bertz CT molecular complexity index is 570. The van der Waals surface area contributed by atoms with Gasteiger partial charge >= 0.3 is 0 Å². The standard InChI is InChI=1S/C10H8N4O/c1-3-12-14(5-1)7-9-8-6-13-15-10(8)2-4-11-9/h1-6H,7H2. The molecular weight excluding hydrogens is 192 g/mol. The third kappa shape index (κ3) is 1.38. The highest BCUT2D eigenvalue weighted by Crippen LogP contribution is 2.16. The summed E-state index contributed by atoms with van der Waals surface area (Å²) in [5.74, 6) is 0. The third-order valence-corrected chi connectivity index (χ3v) is 2.24. The fraction of sp³-hybridized carbons (Fsp3) is 0.100. The Labute approximate surface area is 85.3 Å². The molecule has 0 atom stereocenters. The van der Waals surface area contributed by atoms with Crippen LogP contribution >= 0.6 is 0 Å². The van der Waals surface area contributed by atoms with Crippen molar-refractivity contribution in [1.29, 1.82) is 0 Å². The van der Waals surface area contributed by atoms with Crippen LogP contribution < -0.4 is 0 Å². The highest BCUT2D eigenvalue weighted by molar-refractivity contribution is 5.77. The van der Waals surface area contributed by atoms with Gasteiger partial charge in [0, 0.05) is 24.7 Å². The van der Waals surface area contributed by atoms with Gasteiger partial charge in [-0.2, -0.15) is 5.10 Å². The number of rotatable bonds is 2. The first-order chi connectivity index (χ1) is 7.43. The molecule has 0 amide bonds. The van der Waals surface area contributed by atoms with Gasteiger partial charge in [-0.3, -0.25) is 9.67 Å². The van der Waals surface area contributed by atoms with Gasteiger partial charge in [-0.15, -0.1) is 0 Å². The van der Waals surface area contributed by atoms with Gasteiger partial charge in [0.15, 0.2) is 5.58 Å². The molecule has 0 radical (unpaired) electrons. The van der Waals surface area contributed by atoms with Crippen molar-refractivity contribution in [3.63, 3.8) is 0 Å². The second-order valence-corrected chi connectivity index (χ2v) is 3.20. The molecule has 0 spiro atoms. The Morgan fingerprint density at radius 3 is 3.20 bits per heavy atom. The molecule has 0 N–H and O–H groups in total. The van der Waals surface area contributed by atoms with E-state index in [2.05, 4.69) is 15.2 Å². The molecule has 0 saturated heterocycles. The number of pyridine rings is 1. The monoisotopic (exact) mass is 200 g/mol. The second kappa shape index (κ2) is 3.20. The molecule has 3 aromatic heterocycles. The molecule has 3 heterocycles. The van der Waals surface area contributed by atoms with E-state index in [4.69, 9.17) is 4.52 Å². The highest BCUT2D eigenvalue weighted by Gasteiger charge is 2.06. The quantitative estimate of drug-likeness (QED) is 0.628. The van der Waals surface area contributed by atoms with E-state index in [0.717, 1.165) is 16.7 Å². The van der Waals surface area contributed by atoms with Crippen molar-refractivity contribution in [3.05, 3.63) is 42.6 Å². The van der Waals surface area contributed by atoms with Crippen molar-refractivity contribution in [3.8, 4) is 0 Å². The van der Waals surface area contributed by atoms with E-state index in [0.29, 0.717) is 6.54 Å². The summed E-state index contributed by atoms with van der Waals surface area (Å²) in [6.07, 6.45) is 7.04. The average molecular weight is 200 g/mol. The summed E-state index contributed by atoms with van der Waals surface area (Å²) in [5.41, 5.74) is 1.67. The molecule has 3 rings (SSSR count). The summed E-state index contributed by atoms with van der Waals surface area (Å²) in [6.45, 7) is 0.631. The van der Waals surface area contributed by atoms with E-state index in [1.807, 2.05) is 16.9 Å². The topological polar surface area (TPSA) is 56.7 Å². The van der Waals surface area contributed by atoms with Crippen molar-refractivity contribution in [1.82, 2.24) is 19.9 Å². The van der Waals surface area contributed by atoms with Crippen LogP contribution in [0, 0.1) is 0 Å². The SMILES string of the molecule is c1cnn(Cc2nccc3oncc23)c1. The molecule has 0 aromatic carbocycles. The Morgan fingerprint density at radius 2 is 2.33 bits per heavy atom. The number of hydrogen-bond acceptors (Lipinski definition) is 4. The third-order valence-electron chi connectivity index (χ3n) is 2.24. The van der Waals surface area contributed by atoms with Gasteiger partial charge in [-0.1, -0.05) is 5.16 Å². The lowest BCUT2D eigenvalue weighted by Crippen LogP contribution is -2.01. The van der Waals surface area contributed by atoms with Gasteiger partial charge in [-0.05, 0) is 6.07 Å². The fourth-order valence-corrected chi connectivity index (χ4v) is 1.52. The second-order valence-electron chi connectivity index (χ2n) is 3.20. The van der Waals surface area contributed by atoms with Crippen molar-refractivity contribution >= 4 is 11.0 Å². The molecule has 3 aromatic rings. The lowest BCUT2D eigenvalue weighted by atomic mass is 10.2. The molecule has 0 aliphatic carbocycles. The van der Waals surface area contributed by atoms with Gasteiger partial charge < -0.3 is 4.52 Å². The van der Waals surface area contributed by atoms with Crippen LogP contribution in [0.3, 0.4) is 0 Å². The maximum absolute atomic E-state index is 5.06. The number of nitrogens with zero attached hydrogens (tertiary/aromatic N) is 4. The van der Waals surface area contributed by atoms with E-state index >= 15 is 0 Å². The van der Waals surface area contributed by atoms with E-state index in [9.17, 15) is 0 Å². The Balaban J connectivity index is 2.07. The predicted octanol–water partition coefficient (Wildman–Crippen LogP) is 1.47. The molecule has 0 unspecified atom stereocenters. The molecule has 0 aliphatic heterocycles. The largest absolute Gasteiger partial charge is 0.356 e. The van der Waals surface area contributed by atoms with E-state index < -0.39 is 0 Å². The van der Waals surface area contributed by atoms with E-state index in [1.54, 1.807) is 24.7 Å². The number of aromatic nitrogens is 4. The summed E-state index contributed by atoms with van der Waals surface area (Å²) in [7, 11) is 0. The highest BCUT2D eigenvalue weighted by atomic mass is 16.5. The predicted molar refractivity (Wildman–Crippen MR) is 53.1 cm³/mol. The lowest BCUT2D eigenvalue weighted by Gasteiger charge is -2.00. The number of fused-ring (bicyclic) bond motifs is 1. The maximum atomic E-state index is 5.06. The lowest BCUT2D eigenvalue weighted by molar-refractivity contribution is 0.456. The van der Waals surface area contributed by atoms with Crippen molar-refractivity contribution in [2.24, 2.45) is 0 Å². The van der Waals surface area contributed by atoms with Crippen molar-refractivity contribution in [2.45, 2.75) is 6.54 Å². The Hall–Kier alpha value is -2.17. The summed E-state index contributed by atoms with van der Waals surface area (Å²) in [4.78, 5) is 4.29. The van der Waals surface area contributed by atoms with Crippen molar-refractivity contribution < 1.29 is 4.52 Å². The van der Waals surface area contributed by atoms with E-state index in [1.165, 1.54) is 0 Å². The molecule has 0 saturated carbocycles. The zero-order valence-corrected chi connectivity index (χ0v) is 7.87. The Morgan fingerprint density at radius 1 is 1.33 bits per heavy atom.